The van der Waals surface area contributed by atoms with Crippen molar-refractivity contribution in [3.63, 3.8) is 0 Å². The van der Waals surface area contributed by atoms with E-state index in [4.69, 9.17) is 14.2 Å². The van der Waals surface area contributed by atoms with Crippen molar-refractivity contribution in [2.24, 2.45) is 17.8 Å². The summed E-state index contributed by atoms with van der Waals surface area (Å²) >= 11 is 4.02. The first-order valence-electron chi connectivity index (χ1n) is 17.6. The summed E-state index contributed by atoms with van der Waals surface area (Å²) in [5.74, 6) is -2.78. The lowest BCUT2D eigenvalue weighted by atomic mass is 9.75. The number of hydrogen-bond donors (Lipinski definition) is 3. The maximum absolute atomic E-state index is 13.9. The summed E-state index contributed by atoms with van der Waals surface area (Å²) in [4.78, 5) is 41.8. The van der Waals surface area contributed by atoms with Crippen LogP contribution in [0.4, 0.5) is 0 Å². The van der Waals surface area contributed by atoms with Crippen molar-refractivity contribution < 1.29 is 44.2 Å². The van der Waals surface area contributed by atoms with E-state index in [0.717, 1.165) is 0 Å². The summed E-state index contributed by atoms with van der Waals surface area (Å²) in [5.41, 5.74) is -3.78. The van der Waals surface area contributed by atoms with Gasteiger partial charge in [0.15, 0.2) is 17.2 Å². The zero-order valence-electron chi connectivity index (χ0n) is 32.4. The van der Waals surface area contributed by atoms with Gasteiger partial charge in [-0.2, -0.15) is 15.2 Å². The lowest BCUT2D eigenvalue weighted by Gasteiger charge is -2.50. The fourth-order valence-corrected chi connectivity index (χ4v) is 11.2. The van der Waals surface area contributed by atoms with Gasteiger partial charge in [-0.1, -0.05) is 0 Å². The molecular weight excluding hydrogens is 884 g/mol. The van der Waals surface area contributed by atoms with E-state index in [9.17, 15) is 30.0 Å². The largest absolute Gasteiger partial charge is 0.425 e. The summed E-state index contributed by atoms with van der Waals surface area (Å²) in [6, 6.07) is 0. The smallest absolute Gasteiger partial charge is 0.314 e. The molecule has 51 heavy (non-hydrogen) atoms. The summed E-state index contributed by atoms with van der Waals surface area (Å²) < 4.78 is 19.3. The Morgan fingerprint density at radius 1 is 0.490 bits per heavy atom. The normalized spacial score (nSPS) is 25.3. The minimum Gasteiger partial charge on any atom is -0.425 e. The highest BCUT2D eigenvalue weighted by Crippen LogP contribution is 2.49. The van der Waals surface area contributed by atoms with Gasteiger partial charge < -0.3 is 29.8 Å². The number of ether oxygens (including phenoxy) is 3. The van der Waals surface area contributed by atoms with E-state index in [1.165, 1.54) is 15.2 Å². The molecule has 14 heteroatoms. The SMILES string of the molecule is Cc1c(OC(=O)C2CC(C)(C)N(O)C(C)(C)C2)c(I)c(OC(=O)C2CC(C)(C)N(O)C(C)(C)C2)c(I)c1OC(=O)C1CC(C)(C)N(O)C(C)(C)C1. The summed E-state index contributed by atoms with van der Waals surface area (Å²) in [6.07, 6.45) is 2.08. The zero-order valence-corrected chi connectivity index (χ0v) is 36.7. The molecular formula is C37H57I2N3O9. The first-order chi connectivity index (χ1) is 22.9. The molecule has 0 amide bonds. The Kier molecular flexibility index (Phi) is 11.8. The van der Waals surface area contributed by atoms with Gasteiger partial charge in [-0.15, -0.1) is 0 Å². The van der Waals surface area contributed by atoms with Gasteiger partial charge in [0, 0.05) is 38.8 Å². The minimum atomic E-state index is -0.697. The average molecular weight is 942 g/mol. The molecule has 0 aliphatic carbocycles. The Morgan fingerprint density at radius 2 is 0.686 bits per heavy atom. The standard InChI is InChI=1S/C37H57I2N3O9/c1-20-26(49-29(43)21-14-32(2,3)40(46)33(4,5)15-21)24(38)28(51-31(45)23-18-36(10,11)42(48)37(12,13)19-23)25(39)27(20)50-30(44)22-16-34(6,7)41(47)35(8,9)17-22/h21-23,46-48H,14-19H2,1-13H3. The van der Waals surface area contributed by atoms with Crippen LogP contribution in [0.2, 0.25) is 0 Å². The Morgan fingerprint density at radius 3 is 0.902 bits per heavy atom. The van der Waals surface area contributed by atoms with E-state index in [1.807, 2.05) is 128 Å². The Balaban J connectivity index is 1.75. The quantitative estimate of drug-likeness (QED) is 0.145. The highest BCUT2D eigenvalue weighted by atomic mass is 127. The van der Waals surface area contributed by atoms with Gasteiger partial charge in [0.25, 0.3) is 0 Å². The highest BCUT2D eigenvalue weighted by molar-refractivity contribution is 14.1. The third-order valence-electron chi connectivity index (χ3n) is 11.0. The zero-order chi connectivity index (χ0) is 39.0. The molecule has 1 aromatic rings. The van der Waals surface area contributed by atoms with Crippen LogP contribution in [0.3, 0.4) is 0 Å². The van der Waals surface area contributed by atoms with E-state index < -0.39 is 68.9 Å². The predicted molar refractivity (Wildman–Crippen MR) is 207 cm³/mol. The summed E-state index contributed by atoms with van der Waals surface area (Å²) in [6.45, 7) is 24.2. The number of nitrogens with zero attached hydrogens (tertiary/aromatic N) is 3. The molecule has 3 heterocycles. The summed E-state index contributed by atoms with van der Waals surface area (Å²) in [5, 5.41) is 36.4. The number of hydroxylamine groups is 6. The van der Waals surface area contributed by atoms with Crippen molar-refractivity contribution in [2.45, 2.75) is 162 Å². The van der Waals surface area contributed by atoms with Crippen LogP contribution < -0.4 is 14.2 Å². The molecule has 1 aromatic carbocycles. The van der Waals surface area contributed by atoms with E-state index >= 15 is 0 Å². The van der Waals surface area contributed by atoms with Crippen molar-refractivity contribution >= 4 is 63.1 Å². The number of hydrogen-bond acceptors (Lipinski definition) is 12. The van der Waals surface area contributed by atoms with Gasteiger partial charge >= 0.3 is 17.9 Å². The maximum Gasteiger partial charge on any atom is 0.314 e. The fraction of sp³-hybridized carbons (Fsp3) is 0.757. The number of esters is 3. The molecule has 3 aliphatic rings. The second-order valence-electron chi connectivity index (χ2n) is 18.6. The van der Waals surface area contributed by atoms with E-state index in [0.29, 0.717) is 51.2 Å². The van der Waals surface area contributed by atoms with Crippen LogP contribution in [0.25, 0.3) is 0 Å². The molecule has 3 aliphatic heterocycles. The number of benzene rings is 1. The molecule has 288 valence electrons. The van der Waals surface area contributed by atoms with Crippen LogP contribution in [-0.2, 0) is 14.4 Å². The van der Waals surface area contributed by atoms with Crippen molar-refractivity contribution in [2.75, 3.05) is 0 Å². The van der Waals surface area contributed by atoms with Crippen LogP contribution in [0, 0.1) is 31.8 Å². The van der Waals surface area contributed by atoms with Crippen LogP contribution in [0.1, 0.15) is 127 Å². The second-order valence-corrected chi connectivity index (χ2v) is 20.8. The minimum absolute atomic E-state index is 0.121. The van der Waals surface area contributed by atoms with Crippen LogP contribution in [-0.4, -0.2) is 82.0 Å². The second kappa shape index (κ2) is 14.2. The summed E-state index contributed by atoms with van der Waals surface area (Å²) in [7, 11) is 0. The Hall–Kier alpha value is -1.15. The van der Waals surface area contributed by atoms with Gasteiger partial charge in [0.05, 0.1) is 17.8 Å². The number of rotatable bonds is 6. The lowest BCUT2D eigenvalue weighted by Crippen LogP contribution is -2.60. The van der Waals surface area contributed by atoms with E-state index in [-0.39, 0.29) is 17.2 Å². The van der Waals surface area contributed by atoms with Gasteiger partial charge in [-0.25, -0.2) is 0 Å². The van der Waals surface area contributed by atoms with Crippen LogP contribution in [0.15, 0.2) is 0 Å². The van der Waals surface area contributed by atoms with Crippen LogP contribution >= 0.6 is 45.2 Å². The molecule has 0 radical (unpaired) electrons. The third kappa shape index (κ3) is 8.42. The maximum atomic E-state index is 13.9. The average Bonchev–Trinajstić information content (AvgIpc) is 2.98. The van der Waals surface area contributed by atoms with Crippen LogP contribution in [0.5, 0.6) is 17.2 Å². The molecule has 0 spiro atoms. The number of piperidine rings is 3. The fourth-order valence-electron chi connectivity index (χ4n) is 8.93. The highest BCUT2D eigenvalue weighted by Gasteiger charge is 2.51. The van der Waals surface area contributed by atoms with Gasteiger partial charge in [0.2, 0.25) is 0 Å². The third-order valence-corrected chi connectivity index (χ3v) is 13.0. The molecule has 0 atom stereocenters. The van der Waals surface area contributed by atoms with Crippen molar-refractivity contribution in [3.8, 4) is 17.2 Å². The Bertz CT molecular complexity index is 1320. The van der Waals surface area contributed by atoms with Gasteiger partial charge in [-0.05, 0) is 174 Å². The number of halogens is 2. The van der Waals surface area contributed by atoms with Gasteiger partial charge in [-0.3, -0.25) is 14.4 Å². The number of carbonyl (C=O) groups excluding carboxylic acids is 3. The van der Waals surface area contributed by atoms with Gasteiger partial charge in [0.1, 0.15) is 7.14 Å². The van der Waals surface area contributed by atoms with Crippen molar-refractivity contribution in [1.82, 2.24) is 15.2 Å². The molecule has 12 nitrogen and oxygen atoms in total. The lowest BCUT2D eigenvalue weighted by molar-refractivity contribution is -0.251. The molecule has 0 bridgehead atoms. The van der Waals surface area contributed by atoms with Crippen molar-refractivity contribution in [1.29, 1.82) is 0 Å². The topological polar surface area (TPSA) is 149 Å². The van der Waals surface area contributed by atoms with E-state index in [1.54, 1.807) is 6.92 Å². The predicted octanol–water partition coefficient (Wildman–Crippen LogP) is 7.90. The molecule has 0 aromatic heterocycles. The first-order valence-corrected chi connectivity index (χ1v) is 19.8. The first kappa shape index (κ1) is 42.6. The van der Waals surface area contributed by atoms with E-state index in [2.05, 4.69) is 0 Å². The molecule has 4 rings (SSSR count). The number of carbonyl (C=O) groups is 3. The molecule has 3 N–H and O–H groups in total. The Labute approximate surface area is 330 Å². The van der Waals surface area contributed by atoms with Crippen molar-refractivity contribution in [3.05, 3.63) is 12.7 Å². The molecule has 3 saturated heterocycles. The molecule has 0 saturated carbocycles. The molecule has 0 unspecified atom stereocenters. The monoisotopic (exact) mass is 941 g/mol. The molecule has 3 fully saturated rings.